The highest BCUT2D eigenvalue weighted by atomic mass is 16.5. The maximum Gasteiger partial charge on any atom is 0.225 e. The second kappa shape index (κ2) is 8.05. The van der Waals surface area contributed by atoms with Gasteiger partial charge in [-0.05, 0) is 25.7 Å². The summed E-state index contributed by atoms with van der Waals surface area (Å²) in [6.07, 6.45) is 6.73. The van der Waals surface area contributed by atoms with Gasteiger partial charge in [0.1, 0.15) is 11.6 Å². The van der Waals surface area contributed by atoms with Crippen LogP contribution in [-0.2, 0) is 23.1 Å². The molecule has 7 heteroatoms. The summed E-state index contributed by atoms with van der Waals surface area (Å²) in [5.41, 5.74) is 0. The summed E-state index contributed by atoms with van der Waals surface area (Å²) in [6.45, 7) is 6.04. The molecule has 2 saturated heterocycles. The summed E-state index contributed by atoms with van der Waals surface area (Å²) in [5, 5.41) is 8.97. The molecule has 4 rings (SSSR count). The Hall–Kier alpha value is -1.47. The van der Waals surface area contributed by atoms with Crippen molar-refractivity contribution in [1.82, 2.24) is 24.6 Å². The summed E-state index contributed by atoms with van der Waals surface area (Å²) in [7, 11) is 2.07. The van der Waals surface area contributed by atoms with E-state index in [0.29, 0.717) is 11.8 Å². The van der Waals surface area contributed by atoms with Crippen molar-refractivity contribution in [2.24, 2.45) is 13.0 Å². The molecule has 1 aromatic heterocycles. The molecule has 0 spiro atoms. The van der Waals surface area contributed by atoms with Crippen LogP contribution in [0, 0.1) is 5.92 Å². The zero-order chi connectivity index (χ0) is 17.9. The Morgan fingerprint density at radius 2 is 1.85 bits per heavy atom. The smallest absolute Gasteiger partial charge is 0.225 e. The fraction of sp³-hybridized carbons (Fsp3) is 0.842. The summed E-state index contributed by atoms with van der Waals surface area (Å²) in [4.78, 5) is 17.3. The second-order valence-electron chi connectivity index (χ2n) is 8.03. The minimum absolute atomic E-state index is 0.269. The third-order valence-corrected chi connectivity index (χ3v) is 6.27. The molecule has 1 saturated carbocycles. The Balaban J connectivity index is 1.41. The van der Waals surface area contributed by atoms with E-state index in [9.17, 15) is 4.79 Å². The Labute approximate surface area is 155 Å². The molecule has 1 aromatic rings. The van der Waals surface area contributed by atoms with Crippen LogP contribution in [0.2, 0.25) is 0 Å². The van der Waals surface area contributed by atoms with Gasteiger partial charge in [0.15, 0.2) is 0 Å². The molecule has 0 bridgehead atoms. The summed E-state index contributed by atoms with van der Waals surface area (Å²) < 4.78 is 7.58. The number of aromatic nitrogens is 3. The fourth-order valence-electron chi connectivity index (χ4n) is 4.65. The molecule has 2 aliphatic heterocycles. The number of hydrogen-bond acceptors (Lipinski definition) is 5. The van der Waals surface area contributed by atoms with Crippen molar-refractivity contribution in [3.8, 4) is 0 Å². The van der Waals surface area contributed by atoms with Gasteiger partial charge in [0.25, 0.3) is 0 Å². The van der Waals surface area contributed by atoms with Gasteiger partial charge in [-0.15, -0.1) is 10.2 Å². The minimum Gasteiger partial charge on any atom is -0.379 e. The van der Waals surface area contributed by atoms with Gasteiger partial charge in [0, 0.05) is 45.1 Å². The van der Waals surface area contributed by atoms with Crippen LogP contribution in [0.15, 0.2) is 0 Å². The largest absolute Gasteiger partial charge is 0.379 e. The van der Waals surface area contributed by atoms with E-state index in [1.807, 2.05) is 0 Å². The van der Waals surface area contributed by atoms with Gasteiger partial charge in [-0.25, -0.2) is 0 Å². The average Bonchev–Trinajstić information content (AvgIpc) is 3.33. The molecule has 26 heavy (non-hydrogen) atoms. The third kappa shape index (κ3) is 3.78. The van der Waals surface area contributed by atoms with Crippen LogP contribution < -0.4 is 0 Å². The second-order valence-corrected chi connectivity index (χ2v) is 8.03. The molecule has 3 aliphatic rings. The Morgan fingerprint density at radius 1 is 1.08 bits per heavy atom. The molecule has 0 N–H and O–H groups in total. The summed E-state index contributed by atoms with van der Waals surface area (Å²) in [6, 6.07) is 0. The predicted octanol–water partition coefficient (Wildman–Crippen LogP) is 1.54. The van der Waals surface area contributed by atoms with E-state index in [4.69, 9.17) is 4.74 Å². The monoisotopic (exact) mass is 361 g/mol. The highest BCUT2D eigenvalue weighted by Gasteiger charge is 2.32. The highest BCUT2D eigenvalue weighted by Crippen LogP contribution is 2.31. The number of amides is 1. The first-order valence-electron chi connectivity index (χ1n) is 10.2. The molecule has 0 radical (unpaired) electrons. The lowest BCUT2D eigenvalue weighted by Crippen LogP contribution is -2.42. The molecule has 0 aromatic carbocycles. The van der Waals surface area contributed by atoms with Crippen LogP contribution in [0.5, 0.6) is 0 Å². The molecule has 144 valence electrons. The number of piperidine rings is 1. The first kappa shape index (κ1) is 17.9. The number of nitrogens with zero attached hydrogens (tertiary/aromatic N) is 5. The third-order valence-electron chi connectivity index (χ3n) is 6.27. The van der Waals surface area contributed by atoms with Gasteiger partial charge < -0.3 is 14.2 Å². The van der Waals surface area contributed by atoms with Crippen LogP contribution >= 0.6 is 0 Å². The molecule has 1 amide bonds. The quantitative estimate of drug-likeness (QED) is 0.814. The number of carbonyl (C=O) groups is 1. The zero-order valence-corrected chi connectivity index (χ0v) is 15.9. The van der Waals surface area contributed by atoms with E-state index in [-0.39, 0.29) is 5.92 Å². The molecule has 1 aliphatic carbocycles. The number of carbonyl (C=O) groups excluding carboxylic acids is 1. The van der Waals surface area contributed by atoms with E-state index in [2.05, 4.69) is 31.6 Å². The zero-order valence-electron chi connectivity index (χ0n) is 15.9. The van der Waals surface area contributed by atoms with Crippen LogP contribution in [0.1, 0.15) is 56.1 Å². The standard InChI is InChI=1S/C19H31N5O2/c1-22-17(14-23-9-11-26-12-10-23)20-21-18(22)16-7-4-8-24(13-16)19(25)15-5-2-3-6-15/h15-16H,2-14H2,1H3/t16-/m1/s1. The molecular weight excluding hydrogens is 330 g/mol. The highest BCUT2D eigenvalue weighted by molar-refractivity contribution is 5.79. The first-order valence-corrected chi connectivity index (χ1v) is 10.2. The Morgan fingerprint density at radius 3 is 2.62 bits per heavy atom. The molecule has 3 fully saturated rings. The molecular formula is C19H31N5O2. The minimum atomic E-state index is 0.269. The lowest BCUT2D eigenvalue weighted by atomic mass is 9.95. The molecule has 1 atom stereocenters. The summed E-state index contributed by atoms with van der Waals surface area (Å²) in [5.74, 6) is 3.01. The van der Waals surface area contributed by atoms with E-state index in [0.717, 1.165) is 83.3 Å². The van der Waals surface area contributed by atoms with Crippen LogP contribution in [-0.4, -0.2) is 69.9 Å². The van der Waals surface area contributed by atoms with Crippen molar-refractivity contribution in [2.75, 3.05) is 39.4 Å². The van der Waals surface area contributed by atoms with Gasteiger partial charge in [0.2, 0.25) is 5.91 Å². The lowest BCUT2D eigenvalue weighted by molar-refractivity contribution is -0.136. The van der Waals surface area contributed by atoms with E-state index in [1.165, 1.54) is 12.8 Å². The molecule has 0 unspecified atom stereocenters. The first-order chi connectivity index (χ1) is 12.7. The number of rotatable bonds is 4. The van der Waals surface area contributed by atoms with Crippen molar-refractivity contribution in [3.05, 3.63) is 11.6 Å². The maximum atomic E-state index is 12.8. The lowest BCUT2D eigenvalue weighted by Gasteiger charge is -2.34. The van der Waals surface area contributed by atoms with Crippen molar-refractivity contribution < 1.29 is 9.53 Å². The van der Waals surface area contributed by atoms with Gasteiger partial charge in [-0.3, -0.25) is 9.69 Å². The number of morpholine rings is 1. The van der Waals surface area contributed by atoms with Gasteiger partial charge in [0.05, 0.1) is 19.8 Å². The number of ether oxygens (including phenoxy) is 1. The van der Waals surface area contributed by atoms with Crippen molar-refractivity contribution in [3.63, 3.8) is 0 Å². The topological polar surface area (TPSA) is 63.5 Å². The Kier molecular flexibility index (Phi) is 5.55. The van der Waals surface area contributed by atoms with E-state index < -0.39 is 0 Å². The van der Waals surface area contributed by atoms with E-state index in [1.54, 1.807) is 0 Å². The van der Waals surface area contributed by atoms with Crippen LogP contribution in [0.3, 0.4) is 0 Å². The number of likely N-dealkylation sites (tertiary alicyclic amines) is 1. The van der Waals surface area contributed by atoms with Gasteiger partial charge in [-0.1, -0.05) is 12.8 Å². The fourth-order valence-corrected chi connectivity index (χ4v) is 4.65. The number of hydrogen-bond donors (Lipinski definition) is 0. The van der Waals surface area contributed by atoms with Crippen molar-refractivity contribution >= 4 is 5.91 Å². The van der Waals surface area contributed by atoms with Gasteiger partial charge in [-0.2, -0.15) is 0 Å². The maximum absolute atomic E-state index is 12.8. The van der Waals surface area contributed by atoms with Crippen LogP contribution in [0.25, 0.3) is 0 Å². The molecule has 3 heterocycles. The van der Waals surface area contributed by atoms with Crippen molar-refractivity contribution in [1.29, 1.82) is 0 Å². The van der Waals surface area contributed by atoms with Crippen molar-refractivity contribution in [2.45, 2.75) is 51.0 Å². The SMILES string of the molecule is Cn1c(CN2CCOCC2)nnc1[C@@H]1CCCN(C(=O)C2CCCC2)C1. The summed E-state index contributed by atoms with van der Waals surface area (Å²) >= 11 is 0. The molecule has 7 nitrogen and oxygen atoms in total. The van der Waals surface area contributed by atoms with Gasteiger partial charge >= 0.3 is 0 Å². The Bertz CT molecular complexity index is 619. The predicted molar refractivity (Wildman–Crippen MR) is 97.6 cm³/mol. The average molecular weight is 361 g/mol. The normalized spacial score (nSPS) is 25.7. The van der Waals surface area contributed by atoms with Crippen LogP contribution in [0.4, 0.5) is 0 Å². The van der Waals surface area contributed by atoms with E-state index >= 15 is 0 Å².